The number of aromatic nitrogens is 4. The number of nitrogens with one attached hydrogen (secondary N) is 1. The van der Waals surface area contributed by atoms with E-state index in [1.165, 1.54) is 17.3 Å². The lowest BCUT2D eigenvalue weighted by atomic mass is 9.87. The van der Waals surface area contributed by atoms with Crippen molar-refractivity contribution in [1.82, 2.24) is 19.9 Å². The van der Waals surface area contributed by atoms with E-state index in [1.54, 1.807) is 18.6 Å². The summed E-state index contributed by atoms with van der Waals surface area (Å²) in [6, 6.07) is 8.32. The fourth-order valence-corrected chi connectivity index (χ4v) is 5.81. The van der Waals surface area contributed by atoms with Crippen LogP contribution in [0.5, 0.6) is 11.5 Å². The molecular weight excluding hydrogens is 547 g/mol. The SMILES string of the molecule is Cc1cc2c(cc1-c1cnc(N)cn1)CCO2.Cc1cc2c(cc1-c1cnc(NC(=O)C3CCCCC3F)cn1)CCO2. The summed E-state index contributed by atoms with van der Waals surface area (Å²) < 4.78 is 25.1. The van der Waals surface area contributed by atoms with Gasteiger partial charge in [-0.05, 0) is 73.2 Å². The molecule has 2 aromatic carbocycles. The van der Waals surface area contributed by atoms with Crippen molar-refractivity contribution in [3.63, 3.8) is 0 Å². The number of nitrogens with zero attached hydrogens (tertiary/aromatic N) is 4. The number of amides is 1. The molecule has 2 unspecified atom stereocenters. The lowest BCUT2D eigenvalue weighted by Crippen LogP contribution is -2.33. The van der Waals surface area contributed by atoms with Crippen molar-refractivity contribution in [3.8, 4) is 34.0 Å². The van der Waals surface area contributed by atoms with E-state index in [2.05, 4.69) is 50.4 Å². The normalized spacial score (nSPS) is 18.4. The molecule has 4 heterocycles. The topological polar surface area (TPSA) is 125 Å². The summed E-state index contributed by atoms with van der Waals surface area (Å²) >= 11 is 0. The Morgan fingerprint density at radius 2 is 1.40 bits per heavy atom. The molecule has 2 aliphatic heterocycles. The molecule has 1 aliphatic carbocycles. The molecule has 3 aliphatic rings. The lowest BCUT2D eigenvalue weighted by Gasteiger charge is -2.24. The number of carbonyl (C=O) groups is 1. The number of hydrogen-bond acceptors (Lipinski definition) is 8. The first-order chi connectivity index (χ1) is 20.9. The van der Waals surface area contributed by atoms with Gasteiger partial charge in [0.2, 0.25) is 5.91 Å². The second-order valence-electron chi connectivity index (χ2n) is 11.3. The maximum atomic E-state index is 13.9. The number of halogens is 1. The first-order valence-electron chi connectivity index (χ1n) is 14.7. The van der Waals surface area contributed by atoms with Gasteiger partial charge in [0.15, 0.2) is 5.82 Å². The van der Waals surface area contributed by atoms with Crippen LogP contribution in [0.4, 0.5) is 16.0 Å². The second kappa shape index (κ2) is 12.3. The minimum absolute atomic E-state index is 0.301. The summed E-state index contributed by atoms with van der Waals surface area (Å²) in [5.41, 5.74) is 13.9. The van der Waals surface area contributed by atoms with E-state index in [-0.39, 0.29) is 5.91 Å². The van der Waals surface area contributed by atoms with Gasteiger partial charge in [0.1, 0.15) is 23.5 Å². The molecule has 1 fully saturated rings. The average molecular weight is 583 g/mol. The minimum atomic E-state index is -1.06. The molecule has 43 heavy (non-hydrogen) atoms. The highest BCUT2D eigenvalue weighted by Crippen LogP contribution is 2.34. The molecule has 0 spiro atoms. The highest BCUT2D eigenvalue weighted by molar-refractivity contribution is 5.92. The zero-order valence-electron chi connectivity index (χ0n) is 24.4. The summed E-state index contributed by atoms with van der Waals surface area (Å²) in [6.45, 7) is 5.55. The number of carbonyl (C=O) groups excluding carboxylic acids is 1. The van der Waals surface area contributed by atoms with Gasteiger partial charge in [-0.25, -0.2) is 14.4 Å². The fraction of sp³-hybridized carbons (Fsp3) is 0.364. The molecule has 2 aromatic heterocycles. The van der Waals surface area contributed by atoms with Gasteiger partial charge in [-0.2, -0.15) is 0 Å². The molecular formula is C33H35FN6O3. The van der Waals surface area contributed by atoms with Crippen molar-refractivity contribution in [2.45, 2.75) is 58.5 Å². The van der Waals surface area contributed by atoms with Crippen LogP contribution in [0, 0.1) is 19.8 Å². The number of alkyl halides is 1. The summed E-state index contributed by atoms with van der Waals surface area (Å²) in [5.74, 6) is 1.86. The predicted octanol–water partition coefficient (Wildman–Crippen LogP) is 5.82. The van der Waals surface area contributed by atoms with E-state index in [0.29, 0.717) is 31.1 Å². The van der Waals surface area contributed by atoms with Gasteiger partial charge in [-0.15, -0.1) is 0 Å². The Morgan fingerprint density at radius 3 is 1.93 bits per heavy atom. The Morgan fingerprint density at radius 1 is 0.814 bits per heavy atom. The van der Waals surface area contributed by atoms with E-state index >= 15 is 0 Å². The molecule has 0 saturated heterocycles. The first-order valence-corrected chi connectivity index (χ1v) is 14.7. The molecule has 0 bridgehead atoms. The van der Waals surface area contributed by atoms with E-state index < -0.39 is 12.1 Å². The van der Waals surface area contributed by atoms with Crippen molar-refractivity contribution < 1.29 is 18.7 Å². The predicted molar refractivity (Wildman–Crippen MR) is 163 cm³/mol. The number of rotatable bonds is 4. The average Bonchev–Trinajstić information content (AvgIpc) is 3.66. The monoisotopic (exact) mass is 582 g/mol. The van der Waals surface area contributed by atoms with Crippen LogP contribution in [0.25, 0.3) is 22.5 Å². The van der Waals surface area contributed by atoms with Crippen molar-refractivity contribution >= 4 is 17.5 Å². The van der Waals surface area contributed by atoms with E-state index in [1.807, 2.05) is 13.0 Å². The molecule has 7 rings (SSSR count). The Bertz CT molecular complexity index is 1630. The highest BCUT2D eigenvalue weighted by Gasteiger charge is 2.31. The van der Waals surface area contributed by atoms with E-state index in [9.17, 15) is 9.18 Å². The zero-order chi connectivity index (χ0) is 29.9. The zero-order valence-corrected chi connectivity index (χ0v) is 24.4. The number of nitrogens with two attached hydrogens (primary N) is 1. The lowest BCUT2D eigenvalue weighted by molar-refractivity contribution is -0.122. The van der Waals surface area contributed by atoms with Crippen molar-refractivity contribution in [2.24, 2.45) is 5.92 Å². The number of fused-ring (bicyclic) bond motifs is 2. The van der Waals surface area contributed by atoms with E-state index in [0.717, 1.165) is 77.4 Å². The molecule has 4 aromatic rings. The number of hydrogen-bond donors (Lipinski definition) is 2. The number of nitrogen functional groups attached to an aromatic ring is 1. The maximum Gasteiger partial charge on any atom is 0.231 e. The molecule has 2 atom stereocenters. The maximum absolute atomic E-state index is 13.9. The van der Waals surface area contributed by atoms with Crippen LogP contribution in [0.2, 0.25) is 0 Å². The van der Waals surface area contributed by atoms with Crippen LogP contribution in [0.3, 0.4) is 0 Å². The fourth-order valence-electron chi connectivity index (χ4n) is 5.81. The van der Waals surface area contributed by atoms with Gasteiger partial charge < -0.3 is 20.5 Å². The summed E-state index contributed by atoms with van der Waals surface area (Å²) in [5, 5.41) is 2.70. The van der Waals surface area contributed by atoms with Crippen LogP contribution in [-0.2, 0) is 17.6 Å². The first kappa shape index (κ1) is 28.5. The van der Waals surface area contributed by atoms with Gasteiger partial charge in [0.25, 0.3) is 0 Å². The van der Waals surface area contributed by atoms with Crippen molar-refractivity contribution in [3.05, 3.63) is 71.3 Å². The third-order valence-corrected chi connectivity index (χ3v) is 8.22. The highest BCUT2D eigenvalue weighted by atomic mass is 19.1. The Kier molecular flexibility index (Phi) is 8.18. The largest absolute Gasteiger partial charge is 0.493 e. The van der Waals surface area contributed by atoms with Gasteiger partial charge >= 0.3 is 0 Å². The molecule has 222 valence electrons. The smallest absolute Gasteiger partial charge is 0.231 e. The quantitative estimate of drug-likeness (QED) is 0.308. The number of aryl methyl sites for hydroxylation is 2. The summed E-state index contributed by atoms with van der Waals surface area (Å²) in [7, 11) is 0. The Balaban J connectivity index is 0.000000167. The molecule has 0 radical (unpaired) electrons. The summed E-state index contributed by atoms with van der Waals surface area (Å²) in [6.07, 6.45) is 10.1. The van der Waals surface area contributed by atoms with Gasteiger partial charge in [-0.1, -0.05) is 12.8 Å². The van der Waals surface area contributed by atoms with Crippen LogP contribution >= 0.6 is 0 Å². The van der Waals surface area contributed by atoms with Crippen LogP contribution < -0.4 is 20.5 Å². The molecule has 1 amide bonds. The molecule has 1 saturated carbocycles. The van der Waals surface area contributed by atoms with Crippen molar-refractivity contribution in [2.75, 3.05) is 24.3 Å². The van der Waals surface area contributed by atoms with Crippen LogP contribution in [-0.4, -0.2) is 45.2 Å². The van der Waals surface area contributed by atoms with E-state index in [4.69, 9.17) is 15.2 Å². The number of benzene rings is 2. The second-order valence-corrected chi connectivity index (χ2v) is 11.3. The summed E-state index contributed by atoms with van der Waals surface area (Å²) in [4.78, 5) is 29.4. The van der Waals surface area contributed by atoms with Gasteiger partial charge in [0.05, 0.1) is 55.3 Å². The number of ether oxygens (including phenoxy) is 2. The third-order valence-electron chi connectivity index (χ3n) is 8.22. The number of anilines is 2. The van der Waals surface area contributed by atoms with Crippen LogP contribution in [0.15, 0.2) is 49.1 Å². The van der Waals surface area contributed by atoms with Crippen LogP contribution in [0.1, 0.15) is 47.9 Å². The van der Waals surface area contributed by atoms with Gasteiger partial charge in [0, 0.05) is 24.0 Å². The Hall–Kier alpha value is -4.60. The third kappa shape index (κ3) is 6.28. The molecule has 10 heteroatoms. The van der Waals surface area contributed by atoms with Crippen molar-refractivity contribution in [1.29, 1.82) is 0 Å². The standard InChI is InChI=1S/C20H22FN3O2.C13H13N3O/c1-12-8-18-13(6-7-26-18)9-15(12)17-10-23-19(11-22-17)24-20(25)14-4-2-3-5-16(14)21;1-8-4-12-9(2-3-17-12)5-10(8)11-6-16-13(14)7-15-11/h8-11,14,16H,2-7H2,1H3,(H,23,24,25);4-7H,2-3H2,1H3,(H2,14,16). The van der Waals surface area contributed by atoms with Gasteiger partial charge in [-0.3, -0.25) is 14.8 Å². The molecule has 9 nitrogen and oxygen atoms in total. The molecule has 3 N–H and O–H groups in total. The Labute approximate surface area is 250 Å². The minimum Gasteiger partial charge on any atom is -0.493 e.